The van der Waals surface area contributed by atoms with Gasteiger partial charge in [0.25, 0.3) is 0 Å². The molecule has 0 aromatic carbocycles. The first-order valence-corrected chi connectivity index (χ1v) is 8.79. The van der Waals surface area contributed by atoms with E-state index in [0.717, 1.165) is 0 Å². The van der Waals surface area contributed by atoms with Crippen LogP contribution in [0.25, 0.3) is 10.4 Å². The first-order valence-electron chi connectivity index (χ1n) is 1.47. The smallest absolute Gasteiger partial charge is 0.0107 e. The molecule has 1 aliphatic rings. The molecule has 0 bridgehead atoms. The lowest BCUT2D eigenvalue weighted by molar-refractivity contribution is 1.83. The topological polar surface area (TPSA) is 48.8 Å². The Morgan fingerprint density at radius 1 is 1.38 bits per heavy atom. The Balaban J connectivity index is 2.35. The molecule has 0 radical (unpaired) electrons. The van der Waals surface area contributed by atoms with Gasteiger partial charge < -0.3 is 0 Å². The van der Waals surface area contributed by atoms with Crippen molar-refractivity contribution in [2.45, 2.75) is 0 Å². The van der Waals surface area contributed by atoms with E-state index in [2.05, 4.69) is 9.43 Å². The van der Waals surface area contributed by atoms with Gasteiger partial charge in [-0.05, 0) is 49.4 Å². The van der Waals surface area contributed by atoms with Crippen LogP contribution in [0.4, 0.5) is 0 Å². The zero-order valence-electron chi connectivity index (χ0n) is 3.42. The van der Waals surface area contributed by atoms with Gasteiger partial charge in [0.15, 0.2) is 0 Å². The Morgan fingerprint density at radius 2 is 2.00 bits per heavy atom. The molecule has 1 rings (SSSR count). The zero-order valence-corrected chi connectivity index (χ0v) is 7.58. The Kier molecular flexibility index (Phi) is 3.56. The maximum absolute atomic E-state index is 7.96. The van der Waals surface area contributed by atoms with E-state index in [0.29, 0.717) is 0 Å². The van der Waals surface area contributed by atoms with Gasteiger partial charge in [-0.2, -0.15) is 0 Å². The van der Waals surface area contributed by atoms with E-state index in [4.69, 9.17) is 5.53 Å². The van der Waals surface area contributed by atoms with Crippen molar-refractivity contribution < 1.29 is 0 Å². The minimum Gasteiger partial charge on any atom is -0.0513 e. The largest absolute Gasteiger partial charge is 0.0513 e. The van der Waals surface area contributed by atoms with Crippen LogP contribution in [0.2, 0.25) is 0 Å². The molecule has 8 heteroatoms. The molecule has 1 aliphatic heterocycles. The molecule has 0 aliphatic carbocycles. The molecule has 1 heterocycles. The number of rotatable bonds is 1. The van der Waals surface area contributed by atoms with Crippen LogP contribution in [0.15, 0.2) is 4.52 Å². The molecular weight excluding hydrogens is 202 g/mol. The molecular formula is HN3S5. The second-order valence-electron chi connectivity index (χ2n) is 0.702. The van der Waals surface area contributed by atoms with Gasteiger partial charge in [-0.3, -0.25) is 0 Å². The highest BCUT2D eigenvalue weighted by atomic mass is 34.1. The number of hydrogen-bond acceptors (Lipinski definition) is 5. The van der Waals surface area contributed by atoms with Crippen molar-refractivity contribution in [3.05, 3.63) is 10.4 Å². The van der Waals surface area contributed by atoms with Crippen LogP contribution in [0.1, 0.15) is 0 Å². The third kappa shape index (κ3) is 2.12. The molecule has 0 spiro atoms. The van der Waals surface area contributed by atoms with Crippen molar-refractivity contribution in [3.8, 4) is 0 Å². The molecule has 1 fully saturated rings. The van der Waals surface area contributed by atoms with Gasteiger partial charge in [-0.25, -0.2) is 0 Å². The van der Waals surface area contributed by atoms with Crippen molar-refractivity contribution in [3.63, 3.8) is 0 Å². The maximum Gasteiger partial charge on any atom is 0.0107 e. The lowest BCUT2D eigenvalue weighted by Crippen LogP contribution is -1.37. The van der Waals surface area contributed by atoms with Crippen LogP contribution in [-0.4, -0.2) is 0 Å². The monoisotopic (exact) mass is 203 g/mol. The summed E-state index contributed by atoms with van der Waals surface area (Å²) in [6.07, 6.45) is 0. The van der Waals surface area contributed by atoms with Gasteiger partial charge in [0.2, 0.25) is 0 Å². The van der Waals surface area contributed by atoms with Crippen LogP contribution in [0, 0.1) is 0 Å². The molecule has 0 N–H and O–H groups in total. The highest BCUT2D eigenvalue weighted by Gasteiger charge is 2.11. The van der Waals surface area contributed by atoms with Gasteiger partial charge in [-0.1, -0.05) is 9.15 Å². The van der Waals surface area contributed by atoms with Crippen molar-refractivity contribution in [2.24, 2.45) is 4.52 Å². The second-order valence-corrected chi connectivity index (χ2v) is 11.5. The summed E-state index contributed by atoms with van der Waals surface area (Å²) in [5.74, 6) is 0. The summed E-state index contributed by atoms with van der Waals surface area (Å²) in [5, 5.41) is 0. The molecule has 0 saturated carbocycles. The molecule has 0 aromatic heterocycles. The Morgan fingerprint density at radius 3 is 2.50 bits per heavy atom. The van der Waals surface area contributed by atoms with Gasteiger partial charge in [0.1, 0.15) is 0 Å². The number of thiol groups is 1. The minimum atomic E-state index is -0.478. The lowest BCUT2D eigenvalue weighted by atomic mass is 13.0. The lowest BCUT2D eigenvalue weighted by Gasteiger charge is -1.94. The summed E-state index contributed by atoms with van der Waals surface area (Å²) >= 11 is 0. The fourth-order valence-electron chi connectivity index (χ4n) is 0.152. The zero-order chi connectivity index (χ0) is 5.82. The summed E-state index contributed by atoms with van der Waals surface area (Å²) in [6, 6.07) is 0. The number of nitrogens with zero attached hydrogens (tertiary/aromatic N) is 3. The fourth-order valence-corrected chi connectivity index (χ4v) is 18.4. The van der Waals surface area contributed by atoms with E-state index in [-0.39, 0.29) is 0 Å². The third-order valence-electron chi connectivity index (χ3n) is 0.329. The van der Waals surface area contributed by atoms with Crippen LogP contribution < -0.4 is 0 Å². The van der Waals surface area contributed by atoms with Crippen LogP contribution >= 0.6 is 48.4 Å². The molecule has 46 valence electrons. The normalized spacial score (nSPS) is 22.8. The molecule has 1 saturated heterocycles. The number of hydrogen-bond donors (Lipinski definition) is 1. The maximum atomic E-state index is 7.96. The van der Waals surface area contributed by atoms with E-state index >= 15 is 0 Å². The SMILES string of the molecule is [N-]=[N+]=N[SH]1SSSS1. The quantitative estimate of drug-likeness (QED) is 0.232. The van der Waals surface area contributed by atoms with Crippen LogP contribution in [0.3, 0.4) is 0 Å². The highest BCUT2D eigenvalue weighted by molar-refractivity contribution is 9.62. The average molecular weight is 203 g/mol. The first-order chi connectivity index (χ1) is 3.93. The standard InChI is InChI=1S/HN3S5/c1-2-3-8-6-4-5-7-8/h8H. The van der Waals surface area contributed by atoms with Crippen LogP contribution in [0.5, 0.6) is 0 Å². The summed E-state index contributed by atoms with van der Waals surface area (Å²) in [6.45, 7) is 0. The van der Waals surface area contributed by atoms with Gasteiger partial charge in [0.05, 0.1) is 0 Å². The molecule has 0 atom stereocenters. The Hall–Kier alpha value is 1.06. The molecule has 8 heavy (non-hydrogen) atoms. The molecule has 0 unspecified atom stereocenters. The average Bonchev–Trinajstić information content (AvgIpc) is 2.19. The van der Waals surface area contributed by atoms with Crippen molar-refractivity contribution >= 4 is 48.4 Å². The highest BCUT2D eigenvalue weighted by Crippen LogP contribution is 2.75. The van der Waals surface area contributed by atoms with E-state index in [1.807, 2.05) is 0 Å². The van der Waals surface area contributed by atoms with Crippen molar-refractivity contribution in [1.29, 1.82) is 0 Å². The van der Waals surface area contributed by atoms with E-state index < -0.39 is 9.15 Å². The minimum absolute atomic E-state index is 0.478. The number of azide groups is 1. The molecule has 0 aromatic rings. The van der Waals surface area contributed by atoms with Gasteiger partial charge >= 0.3 is 0 Å². The van der Waals surface area contributed by atoms with Crippen molar-refractivity contribution in [2.75, 3.05) is 0 Å². The van der Waals surface area contributed by atoms with Crippen molar-refractivity contribution in [1.82, 2.24) is 0 Å². The van der Waals surface area contributed by atoms with Crippen LogP contribution in [-0.2, 0) is 0 Å². The van der Waals surface area contributed by atoms with E-state index in [9.17, 15) is 0 Å². The van der Waals surface area contributed by atoms with Gasteiger partial charge in [0, 0.05) is 4.91 Å². The summed E-state index contributed by atoms with van der Waals surface area (Å²) in [5.41, 5.74) is 7.96. The van der Waals surface area contributed by atoms with E-state index in [1.54, 1.807) is 39.3 Å². The summed E-state index contributed by atoms with van der Waals surface area (Å²) in [7, 11) is 6.19. The Labute approximate surface area is 63.2 Å². The molecule has 0 amide bonds. The third-order valence-corrected chi connectivity index (χ3v) is 14.7. The first kappa shape index (κ1) is 7.17. The summed E-state index contributed by atoms with van der Waals surface area (Å²) < 4.78 is 3.55. The molecule has 3 nitrogen and oxygen atoms in total. The van der Waals surface area contributed by atoms with E-state index in [1.165, 1.54) is 0 Å². The Bertz CT molecular complexity index is 109. The second kappa shape index (κ2) is 3.97. The summed E-state index contributed by atoms with van der Waals surface area (Å²) in [4.78, 5) is 2.70. The van der Waals surface area contributed by atoms with Gasteiger partial charge in [-0.15, -0.1) is 0 Å². The predicted molar refractivity (Wildman–Crippen MR) is 48.5 cm³/mol. The predicted octanol–water partition coefficient (Wildman–Crippen LogP) is 3.73. The fraction of sp³-hybridized carbons (Fsp3) is 0.